The summed E-state index contributed by atoms with van der Waals surface area (Å²) in [7, 11) is 0. The summed E-state index contributed by atoms with van der Waals surface area (Å²) in [6.45, 7) is 5.98. The van der Waals surface area contributed by atoms with E-state index in [0.717, 1.165) is 32.0 Å². The van der Waals surface area contributed by atoms with E-state index in [2.05, 4.69) is 56.1 Å². The molecular formula is C22H22BrN3OS. The Hall–Kier alpha value is -2.31. The molecule has 1 atom stereocenters. The SMILES string of the molecule is Cc1cc(/C=N\NC(=O)[C@H](C)Sc2ccccc2)c(C)n1-c1ccc(Br)cc1. The van der Waals surface area contributed by atoms with Crippen molar-refractivity contribution in [2.24, 2.45) is 5.10 Å². The minimum absolute atomic E-state index is 0.119. The van der Waals surface area contributed by atoms with E-state index < -0.39 is 0 Å². The van der Waals surface area contributed by atoms with Crippen LogP contribution in [-0.4, -0.2) is 21.9 Å². The lowest BCUT2D eigenvalue weighted by Crippen LogP contribution is -2.26. The van der Waals surface area contributed by atoms with Crippen molar-refractivity contribution in [2.75, 3.05) is 0 Å². The third-order valence-corrected chi connectivity index (χ3v) is 6.00. The second kappa shape index (κ2) is 9.26. The Morgan fingerprint density at radius 1 is 1.14 bits per heavy atom. The fourth-order valence-corrected chi connectivity index (χ4v) is 4.07. The van der Waals surface area contributed by atoms with Crippen molar-refractivity contribution in [2.45, 2.75) is 30.9 Å². The number of hydrogen-bond acceptors (Lipinski definition) is 3. The first-order chi connectivity index (χ1) is 13.5. The first-order valence-electron chi connectivity index (χ1n) is 8.95. The summed E-state index contributed by atoms with van der Waals surface area (Å²) in [4.78, 5) is 13.4. The predicted molar refractivity (Wildman–Crippen MR) is 120 cm³/mol. The number of nitrogens with one attached hydrogen (secondary N) is 1. The topological polar surface area (TPSA) is 46.4 Å². The average molecular weight is 456 g/mol. The molecule has 1 amide bonds. The van der Waals surface area contributed by atoms with Crippen molar-refractivity contribution in [3.8, 4) is 5.69 Å². The molecule has 0 bridgehead atoms. The number of rotatable bonds is 6. The van der Waals surface area contributed by atoms with E-state index in [-0.39, 0.29) is 11.2 Å². The smallest absolute Gasteiger partial charge is 0.253 e. The van der Waals surface area contributed by atoms with Crippen LogP contribution in [0.3, 0.4) is 0 Å². The molecule has 1 N–H and O–H groups in total. The molecule has 0 aliphatic rings. The Morgan fingerprint density at radius 2 is 1.82 bits per heavy atom. The zero-order valence-corrected chi connectivity index (χ0v) is 18.4. The monoisotopic (exact) mass is 455 g/mol. The van der Waals surface area contributed by atoms with Gasteiger partial charge in [0.2, 0.25) is 0 Å². The number of hydrogen-bond donors (Lipinski definition) is 1. The number of aryl methyl sites for hydroxylation is 1. The van der Waals surface area contributed by atoms with Crippen molar-refractivity contribution >= 4 is 39.8 Å². The van der Waals surface area contributed by atoms with Gasteiger partial charge < -0.3 is 4.57 Å². The molecule has 0 aliphatic heterocycles. The van der Waals surface area contributed by atoms with Gasteiger partial charge in [0.25, 0.3) is 5.91 Å². The molecule has 0 fully saturated rings. The highest BCUT2D eigenvalue weighted by Crippen LogP contribution is 2.23. The van der Waals surface area contributed by atoms with Crippen molar-refractivity contribution in [3.63, 3.8) is 0 Å². The van der Waals surface area contributed by atoms with Crippen LogP contribution < -0.4 is 5.43 Å². The van der Waals surface area contributed by atoms with Gasteiger partial charge in [0.15, 0.2) is 0 Å². The minimum Gasteiger partial charge on any atom is -0.318 e. The van der Waals surface area contributed by atoms with Crippen molar-refractivity contribution < 1.29 is 4.79 Å². The fourth-order valence-electron chi connectivity index (χ4n) is 2.92. The molecule has 4 nitrogen and oxygen atoms in total. The summed E-state index contributed by atoms with van der Waals surface area (Å²) >= 11 is 4.98. The van der Waals surface area contributed by atoms with Crippen molar-refractivity contribution in [1.82, 2.24) is 9.99 Å². The molecule has 144 valence electrons. The molecule has 0 radical (unpaired) electrons. The first-order valence-corrected chi connectivity index (χ1v) is 10.6. The third-order valence-electron chi connectivity index (χ3n) is 4.36. The highest BCUT2D eigenvalue weighted by molar-refractivity contribution is 9.10. The van der Waals surface area contributed by atoms with Crippen molar-refractivity contribution in [3.05, 3.63) is 82.1 Å². The van der Waals surface area contributed by atoms with Gasteiger partial charge in [-0.1, -0.05) is 34.1 Å². The van der Waals surface area contributed by atoms with Gasteiger partial charge >= 0.3 is 0 Å². The highest BCUT2D eigenvalue weighted by Gasteiger charge is 2.14. The second-order valence-corrected chi connectivity index (χ2v) is 8.78. The molecule has 0 unspecified atom stereocenters. The quantitative estimate of drug-likeness (QED) is 0.303. The Balaban J connectivity index is 1.67. The van der Waals surface area contributed by atoms with E-state index in [9.17, 15) is 4.79 Å². The number of carbonyl (C=O) groups excluding carboxylic acids is 1. The Bertz CT molecular complexity index is 981. The normalized spacial score (nSPS) is 12.3. The predicted octanol–water partition coefficient (Wildman–Crippen LogP) is 5.49. The molecule has 3 aromatic rings. The zero-order chi connectivity index (χ0) is 20.1. The Morgan fingerprint density at radius 3 is 2.50 bits per heavy atom. The maximum atomic E-state index is 12.3. The lowest BCUT2D eigenvalue weighted by molar-refractivity contribution is -0.120. The van der Waals surface area contributed by atoms with E-state index in [0.29, 0.717) is 0 Å². The van der Waals surface area contributed by atoms with Gasteiger partial charge in [-0.2, -0.15) is 5.10 Å². The van der Waals surface area contributed by atoms with E-state index in [1.54, 1.807) is 6.21 Å². The van der Waals surface area contributed by atoms with Crippen LogP contribution in [0.1, 0.15) is 23.9 Å². The Kier molecular flexibility index (Phi) is 6.75. The summed E-state index contributed by atoms with van der Waals surface area (Å²) < 4.78 is 3.22. The van der Waals surface area contributed by atoms with E-state index in [1.165, 1.54) is 11.8 Å². The van der Waals surface area contributed by atoms with Gasteiger partial charge in [-0.3, -0.25) is 4.79 Å². The molecule has 3 rings (SSSR count). The molecule has 28 heavy (non-hydrogen) atoms. The summed E-state index contributed by atoms with van der Waals surface area (Å²) in [6.07, 6.45) is 1.70. The number of carbonyl (C=O) groups is 1. The van der Waals surface area contributed by atoms with Crippen LogP contribution in [0, 0.1) is 13.8 Å². The summed E-state index contributed by atoms with van der Waals surface area (Å²) in [6, 6.07) is 20.1. The van der Waals surface area contributed by atoms with Gasteiger partial charge in [-0.25, -0.2) is 5.43 Å². The van der Waals surface area contributed by atoms with Crippen LogP contribution in [0.5, 0.6) is 0 Å². The molecule has 2 aromatic carbocycles. The van der Waals surface area contributed by atoms with Crippen LogP contribution in [0.2, 0.25) is 0 Å². The number of aromatic nitrogens is 1. The van der Waals surface area contributed by atoms with Gasteiger partial charge in [-0.05, 0) is 63.2 Å². The summed E-state index contributed by atoms with van der Waals surface area (Å²) in [5.74, 6) is -0.119. The van der Waals surface area contributed by atoms with Gasteiger partial charge in [0.1, 0.15) is 0 Å². The molecule has 0 spiro atoms. The number of hydrazone groups is 1. The molecule has 0 saturated carbocycles. The third kappa shape index (κ3) is 4.94. The molecule has 0 saturated heterocycles. The van der Waals surface area contributed by atoms with Crippen LogP contribution >= 0.6 is 27.7 Å². The Labute approximate surface area is 178 Å². The van der Waals surface area contributed by atoms with Crippen molar-refractivity contribution in [1.29, 1.82) is 0 Å². The van der Waals surface area contributed by atoms with Crippen LogP contribution in [0.4, 0.5) is 0 Å². The minimum atomic E-state index is -0.227. The molecule has 1 heterocycles. The second-order valence-electron chi connectivity index (χ2n) is 6.45. The average Bonchev–Trinajstić information content (AvgIpc) is 2.97. The van der Waals surface area contributed by atoms with Crippen LogP contribution in [0.25, 0.3) is 5.69 Å². The number of nitrogens with zero attached hydrogens (tertiary/aromatic N) is 2. The van der Waals surface area contributed by atoms with E-state index >= 15 is 0 Å². The molecule has 1 aromatic heterocycles. The standard InChI is InChI=1S/C22H22BrN3OS/c1-15-13-18(16(2)26(15)20-11-9-19(23)10-12-20)14-24-25-22(27)17(3)28-21-7-5-4-6-8-21/h4-14,17H,1-3H3,(H,25,27)/b24-14-/t17-/m0/s1. The lowest BCUT2D eigenvalue weighted by Gasteiger charge is -2.10. The summed E-state index contributed by atoms with van der Waals surface area (Å²) in [5.41, 5.74) is 6.90. The highest BCUT2D eigenvalue weighted by atomic mass is 79.9. The maximum Gasteiger partial charge on any atom is 0.253 e. The van der Waals surface area contributed by atoms with E-state index in [1.807, 2.05) is 56.3 Å². The lowest BCUT2D eigenvalue weighted by atomic mass is 10.2. The first kappa shape index (κ1) is 20.4. The number of amides is 1. The summed E-state index contributed by atoms with van der Waals surface area (Å²) in [5, 5.41) is 3.94. The fraction of sp³-hybridized carbons (Fsp3) is 0.182. The number of thioether (sulfide) groups is 1. The largest absolute Gasteiger partial charge is 0.318 e. The van der Waals surface area contributed by atoms with Gasteiger partial charge in [0.05, 0.1) is 11.5 Å². The molecule has 6 heteroatoms. The zero-order valence-electron chi connectivity index (χ0n) is 16.0. The van der Waals surface area contributed by atoms with Gasteiger partial charge in [-0.15, -0.1) is 11.8 Å². The van der Waals surface area contributed by atoms with E-state index in [4.69, 9.17) is 0 Å². The molecular weight excluding hydrogens is 434 g/mol. The number of halogens is 1. The van der Waals surface area contributed by atoms with Gasteiger partial charge in [0, 0.05) is 32.0 Å². The maximum absolute atomic E-state index is 12.3. The number of benzene rings is 2. The van der Waals surface area contributed by atoms with Crippen LogP contribution in [0.15, 0.2) is 75.1 Å². The van der Waals surface area contributed by atoms with Crippen LogP contribution in [-0.2, 0) is 4.79 Å². The molecule has 0 aliphatic carbocycles.